The third-order valence-electron chi connectivity index (χ3n) is 0.605. The molecule has 0 aliphatic carbocycles. The molecule has 5 heteroatoms. The number of carboxylic acid groups (broad SMARTS) is 1. The molecule has 8 heavy (non-hydrogen) atoms. The summed E-state index contributed by atoms with van der Waals surface area (Å²) in [5.41, 5.74) is 11.1. The van der Waals surface area contributed by atoms with E-state index in [1.165, 1.54) is 0 Å². The zero-order valence-corrected chi connectivity index (χ0v) is 4.16. The number of rotatable bonds is 3. The van der Waals surface area contributed by atoms with Gasteiger partial charge in [-0.15, -0.1) is 0 Å². The summed E-state index contributed by atoms with van der Waals surface area (Å²) in [5, 5.41) is 10.8. The van der Waals surface area contributed by atoms with E-state index < -0.39 is 12.0 Å². The van der Waals surface area contributed by atoms with Crippen LogP contribution in [0.3, 0.4) is 0 Å². The average molecular weight is 117 g/mol. The molecule has 4 N–H and O–H groups in total. The smallest absolute Gasteiger partial charge is 0.322 e. The minimum atomic E-state index is -1.12. The van der Waals surface area contributed by atoms with E-state index >= 15 is 0 Å². The van der Waals surface area contributed by atoms with Crippen LogP contribution in [0.4, 0.5) is 0 Å². The Balaban J connectivity index is 3.46. The molecule has 5 nitrogen and oxygen atoms in total. The van der Waals surface area contributed by atoms with Crippen LogP contribution in [0.25, 0.3) is 0 Å². The topological polar surface area (TPSA) is 99.5 Å². The van der Waals surface area contributed by atoms with Crippen LogP contribution in [-0.4, -0.2) is 23.7 Å². The number of hydrogen-bond acceptors (Lipinski definition) is 4. The summed E-state index contributed by atoms with van der Waals surface area (Å²) < 4.78 is 0. The monoisotopic (exact) mass is 117 g/mol. The van der Waals surface area contributed by atoms with Crippen molar-refractivity contribution < 1.29 is 9.90 Å². The number of carbonyl (C=O) groups is 1. The second-order valence-corrected chi connectivity index (χ2v) is 1.29. The van der Waals surface area contributed by atoms with Gasteiger partial charge in [-0.2, -0.15) is 5.11 Å². The standard InChI is InChI=1S/C3H7N3O2/c4-2(1-6-5)3(7)8/h2,5H,1,4H2,(H,7,8)/t2-/m0/s1. The molecule has 1 atom stereocenters. The van der Waals surface area contributed by atoms with E-state index in [1.807, 2.05) is 0 Å². The second-order valence-electron chi connectivity index (χ2n) is 1.29. The molecule has 0 aromatic carbocycles. The van der Waals surface area contributed by atoms with E-state index in [0.29, 0.717) is 0 Å². The Bertz CT molecular complexity index is 103. The molecule has 46 valence electrons. The fraction of sp³-hybridized carbons (Fsp3) is 0.667. The SMILES string of the molecule is N=NC[C@H](N)C(=O)O. The normalized spacial score (nSPS) is 12.6. The van der Waals surface area contributed by atoms with Gasteiger partial charge < -0.3 is 10.8 Å². The molecule has 0 rings (SSSR count). The second kappa shape index (κ2) is 3.09. The lowest BCUT2D eigenvalue weighted by Gasteiger charge is -1.96. The van der Waals surface area contributed by atoms with Gasteiger partial charge in [0.1, 0.15) is 6.04 Å². The van der Waals surface area contributed by atoms with E-state index in [2.05, 4.69) is 5.11 Å². The fourth-order valence-electron chi connectivity index (χ4n) is 0.176. The van der Waals surface area contributed by atoms with E-state index in [1.54, 1.807) is 0 Å². The van der Waals surface area contributed by atoms with Crippen molar-refractivity contribution in [3.8, 4) is 0 Å². The minimum Gasteiger partial charge on any atom is -0.480 e. The van der Waals surface area contributed by atoms with Crippen molar-refractivity contribution in [3.05, 3.63) is 0 Å². The maximum absolute atomic E-state index is 9.82. The largest absolute Gasteiger partial charge is 0.480 e. The van der Waals surface area contributed by atoms with E-state index in [-0.39, 0.29) is 6.54 Å². The molecular formula is C3H7N3O2. The molecule has 0 saturated carbocycles. The zero-order valence-electron chi connectivity index (χ0n) is 4.16. The summed E-state index contributed by atoms with van der Waals surface area (Å²) in [6.45, 7) is -0.144. The number of hydrogen-bond donors (Lipinski definition) is 3. The molecule has 0 heterocycles. The Labute approximate surface area is 46.0 Å². The van der Waals surface area contributed by atoms with Crippen molar-refractivity contribution in [1.82, 2.24) is 0 Å². The van der Waals surface area contributed by atoms with Crippen molar-refractivity contribution in [3.63, 3.8) is 0 Å². The van der Waals surface area contributed by atoms with Crippen LogP contribution in [0, 0.1) is 5.53 Å². The van der Waals surface area contributed by atoms with Crippen molar-refractivity contribution in [1.29, 1.82) is 5.53 Å². The molecule has 0 aromatic heterocycles. The van der Waals surface area contributed by atoms with Gasteiger partial charge in [-0.25, -0.2) is 5.53 Å². The van der Waals surface area contributed by atoms with Crippen LogP contribution in [-0.2, 0) is 4.79 Å². The highest BCUT2D eigenvalue weighted by atomic mass is 16.4. The quantitative estimate of drug-likeness (QED) is 0.431. The summed E-state index contributed by atoms with van der Waals surface area (Å²) in [5.74, 6) is -1.12. The molecule has 0 aliphatic rings. The van der Waals surface area contributed by atoms with E-state index in [4.69, 9.17) is 16.4 Å². The third kappa shape index (κ3) is 2.25. The van der Waals surface area contributed by atoms with Crippen molar-refractivity contribution >= 4 is 5.97 Å². The van der Waals surface area contributed by atoms with Crippen molar-refractivity contribution in [2.45, 2.75) is 6.04 Å². The highest BCUT2D eigenvalue weighted by Crippen LogP contribution is 1.77. The van der Waals surface area contributed by atoms with Gasteiger partial charge in [0, 0.05) is 0 Å². The lowest BCUT2D eigenvalue weighted by Crippen LogP contribution is -2.32. The van der Waals surface area contributed by atoms with Gasteiger partial charge in [0.15, 0.2) is 0 Å². The molecule has 0 saturated heterocycles. The summed E-state index contributed by atoms with van der Waals surface area (Å²) in [6.07, 6.45) is 0. The molecule has 0 amide bonds. The Morgan fingerprint density at radius 3 is 2.62 bits per heavy atom. The first-order valence-electron chi connectivity index (χ1n) is 2.00. The van der Waals surface area contributed by atoms with Crippen LogP contribution < -0.4 is 5.73 Å². The van der Waals surface area contributed by atoms with Gasteiger partial charge in [0.05, 0.1) is 6.54 Å². The van der Waals surface area contributed by atoms with Crippen molar-refractivity contribution in [2.75, 3.05) is 6.54 Å². The number of nitrogens with two attached hydrogens (primary N) is 1. The summed E-state index contributed by atoms with van der Waals surface area (Å²) in [6, 6.07) is -1.02. The lowest BCUT2D eigenvalue weighted by molar-refractivity contribution is -0.138. The number of carboxylic acids is 1. The van der Waals surface area contributed by atoms with Gasteiger partial charge in [-0.3, -0.25) is 4.79 Å². The van der Waals surface area contributed by atoms with Crippen LogP contribution in [0.2, 0.25) is 0 Å². The van der Waals surface area contributed by atoms with Crippen molar-refractivity contribution in [2.24, 2.45) is 10.8 Å². The number of aliphatic carboxylic acids is 1. The highest BCUT2D eigenvalue weighted by Gasteiger charge is 2.08. The molecule has 0 fully saturated rings. The van der Waals surface area contributed by atoms with Crippen LogP contribution >= 0.6 is 0 Å². The highest BCUT2D eigenvalue weighted by molar-refractivity contribution is 5.73. The molecule has 0 aromatic rings. The molecule has 0 aliphatic heterocycles. The number of nitrogens with zero attached hydrogens (tertiary/aromatic N) is 1. The first-order chi connectivity index (χ1) is 3.68. The first-order valence-corrected chi connectivity index (χ1v) is 2.00. The van der Waals surface area contributed by atoms with Crippen LogP contribution in [0.1, 0.15) is 0 Å². The maximum atomic E-state index is 9.82. The third-order valence-corrected chi connectivity index (χ3v) is 0.605. The number of nitrogens with one attached hydrogen (secondary N) is 1. The van der Waals surface area contributed by atoms with Crippen LogP contribution in [0.5, 0.6) is 0 Å². The Hall–Kier alpha value is -0.970. The predicted molar refractivity (Wildman–Crippen MR) is 25.6 cm³/mol. The van der Waals surface area contributed by atoms with Gasteiger partial charge in [0.2, 0.25) is 0 Å². The van der Waals surface area contributed by atoms with Gasteiger partial charge in [0.25, 0.3) is 0 Å². The zero-order chi connectivity index (χ0) is 6.57. The average Bonchev–Trinajstić information content (AvgIpc) is 1.67. The minimum absolute atomic E-state index is 0.144. The molecular weight excluding hydrogens is 110 g/mol. The van der Waals surface area contributed by atoms with Gasteiger partial charge in [-0.1, -0.05) is 0 Å². The lowest BCUT2D eigenvalue weighted by atomic mass is 10.3. The fourth-order valence-corrected chi connectivity index (χ4v) is 0.176. The maximum Gasteiger partial charge on any atom is 0.322 e. The van der Waals surface area contributed by atoms with E-state index in [9.17, 15) is 4.79 Å². The summed E-state index contributed by atoms with van der Waals surface area (Å²) in [4.78, 5) is 9.82. The summed E-state index contributed by atoms with van der Waals surface area (Å²) in [7, 11) is 0. The molecule has 0 bridgehead atoms. The predicted octanol–water partition coefficient (Wildman–Crippen LogP) is -0.571. The first kappa shape index (κ1) is 7.03. The molecule has 0 radical (unpaired) electrons. The van der Waals surface area contributed by atoms with Gasteiger partial charge in [-0.05, 0) is 0 Å². The summed E-state index contributed by atoms with van der Waals surface area (Å²) >= 11 is 0. The molecule has 0 spiro atoms. The molecule has 0 unspecified atom stereocenters. The van der Waals surface area contributed by atoms with E-state index in [0.717, 1.165) is 0 Å². The Morgan fingerprint density at radius 1 is 2.00 bits per heavy atom. The van der Waals surface area contributed by atoms with Gasteiger partial charge >= 0.3 is 5.97 Å². The Morgan fingerprint density at radius 2 is 2.50 bits per heavy atom. The Kier molecular flexibility index (Phi) is 2.71. The van der Waals surface area contributed by atoms with Crippen LogP contribution in [0.15, 0.2) is 5.11 Å².